The highest BCUT2D eigenvalue weighted by atomic mass is 16.5. The normalized spacial score (nSPS) is 17.3. The van der Waals surface area contributed by atoms with Gasteiger partial charge in [-0.25, -0.2) is 4.79 Å². The first-order valence-electron chi connectivity index (χ1n) is 9.93. The summed E-state index contributed by atoms with van der Waals surface area (Å²) in [6, 6.07) is 9.66. The maximum atomic E-state index is 11.0. The molecule has 0 saturated carbocycles. The quantitative estimate of drug-likeness (QED) is 0.352. The van der Waals surface area contributed by atoms with E-state index in [1.54, 1.807) is 0 Å². The zero-order valence-corrected chi connectivity index (χ0v) is 17.7. The first kappa shape index (κ1) is 21.5. The number of carboxylic acid groups (broad SMARTS) is 1. The van der Waals surface area contributed by atoms with E-state index >= 15 is 0 Å². The third-order valence-corrected chi connectivity index (χ3v) is 6.06. The number of rotatable bonds is 6. The van der Waals surface area contributed by atoms with Gasteiger partial charge in [-0.15, -0.1) is 0 Å². The smallest absolute Gasteiger partial charge is 0.339 e. The van der Waals surface area contributed by atoms with Crippen molar-refractivity contribution in [1.29, 1.82) is 0 Å². The Labute approximate surface area is 175 Å². The van der Waals surface area contributed by atoms with Crippen LogP contribution in [0.25, 0.3) is 10.4 Å². The number of aromatic carboxylic acids is 1. The highest BCUT2D eigenvalue weighted by molar-refractivity contribution is 5.90. The van der Waals surface area contributed by atoms with Gasteiger partial charge in [-0.1, -0.05) is 51.0 Å². The molecule has 0 fully saturated rings. The zero-order valence-electron chi connectivity index (χ0n) is 17.7. The van der Waals surface area contributed by atoms with E-state index < -0.39 is 12.0 Å². The number of hydrogen-bond donors (Lipinski definition) is 2. The van der Waals surface area contributed by atoms with Crippen LogP contribution < -0.4 is 4.74 Å². The van der Waals surface area contributed by atoms with Crippen LogP contribution in [0.1, 0.15) is 73.6 Å². The molecule has 1 aliphatic carbocycles. The lowest BCUT2D eigenvalue weighted by Crippen LogP contribution is -2.34. The lowest BCUT2D eigenvalue weighted by Gasteiger charge is -2.42. The van der Waals surface area contributed by atoms with Crippen LogP contribution in [0.15, 0.2) is 41.5 Å². The van der Waals surface area contributed by atoms with E-state index in [-0.39, 0.29) is 28.7 Å². The number of benzene rings is 2. The average Bonchev–Trinajstić information content (AvgIpc) is 2.68. The first-order valence-corrected chi connectivity index (χ1v) is 9.93. The van der Waals surface area contributed by atoms with Gasteiger partial charge in [-0.05, 0) is 58.0 Å². The predicted molar refractivity (Wildman–Crippen MR) is 114 cm³/mol. The zero-order chi connectivity index (χ0) is 22.1. The Morgan fingerprint density at radius 1 is 1.13 bits per heavy atom. The fourth-order valence-electron chi connectivity index (χ4n) is 4.03. The van der Waals surface area contributed by atoms with Crippen LogP contribution in [0.2, 0.25) is 0 Å². The largest absolute Gasteiger partial charge is 0.507 e. The van der Waals surface area contributed by atoms with Crippen molar-refractivity contribution in [2.75, 3.05) is 6.61 Å². The number of carboxylic acids is 1. The first-order chi connectivity index (χ1) is 14.0. The van der Waals surface area contributed by atoms with Crippen LogP contribution in [-0.2, 0) is 10.8 Å². The van der Waals surface area contributed by atoms with Crippen LogP contribution in [-0.4, -0.2) is 22.8 Å². The molecule has 0 radical (unpaired) electrons. The highest BCUT2D eigenvalue weighted by Gasteiger charge is 2.37. The second-order valence-corrected chi connectivity index (χ2v) is 9.09. The summed E-state index contributed by atoms with van der Waals surface area (Å²) in [5, 5.41) is 22.8. The summed E-state index contributed by atoms with van der Waals surface area (Å²) in [6.07, 6.45) is 2.19. The predicted octanol–water partition coefficient (Wildman–Crippen LogP) is 5.87. The summed E-state index contributed by atoms with van der Waals surface area (Å²) in [7, 11) is 0. The summed E-state index contributed by atoms with van der Waals surface area (Å²) in [5.74, 6) is -1.29. The second kappa shape index (κ2) is 7.92. The molecule has 2 N–H and O–H groups in total. The molecular weight excluding hydrogens is 382 g/mol. The standard InChI is InChI=1S/C23H27N3O4/c1-22(2)9-10-23(3,4)18-11-14(5-8-17(18)22)19(25-26-24)13-30-15-6-7-16(21(28)29)20(27)12-15/h5-8,11-12,19,27H,9-10,13H2,1-4H3,(H,28,29). The topological polar surface area (TPSA) is 116 Å². The lowest BCUT2D eigenvalue weighted by molar-refractivity contribution is 0.0693. The molecule has 158 valence electrons. The van der Waals surface area contributed by atoms with Crippen LogP contribution >= 0.6 is 0 Å². The van der Waals surface area contributed by atoms with Crippen molar-refractivity contribution in [2.45, 2.75) is 57.4 Å². The molecule has 0 saturated heterocycles. The van der Waals surface area contributed by atoms with Gasteiger partial charge in [-0.3, -0.25) is 0 Å². The fraction of sp³-hybridized carbons (Fsp3) is 0.435. The van der Waals surface area contributed by atoms with Gasteiger partial charge >= 0.3 is 5.97 Å². The molecule has 0 aromatic heterocycles. The number of nitrogens with zero attached hydrogens (tertiary/aromatic N) is 3. The summed E-state index contributed by atoms with van der Waals surface area (Å²) >= 11 is 0. The minimum Gasteiger partial charge on any atom is -0.507 e. The summed E-state index contributed by atoms with van der Waals surface area (Å²) in [4.78, 5) is 14.0. The molecule has 7 nitrogen and oxygen atoms in total. The average molecular weight is 409 g/mol. The minimum atomic E-state index is -1.22. The Bertz CT molecular complexity index is 1020. The van der Waals surface area contributed by atoms with Crippen molar-refractivity contribution in [2.24, 2.45) is 5.11 Å². The molecule has 1 aliphatic rings. The van der Waals surface area contributed by atoms with Crippen molar-refractivity contribution in [1.82, 2.24) is 0 Å². The highest BCUT2D eigenvalue weighted by Crippen LogP contribution is 2.46. The molecular formula is C23H27N3O4. The van der Waals surface area contributed by atoms with Gasteiger partial charge in [0.15, 0.2) is 0 Å². The van der Waals surface area contributed by atoms with Gasteiger partial charge in [0.1, 0.15) is 23.7 Å². The van der Waals surface area contributed by atoms with Gasteiger partial charge in [0.05, 0.1) is 6.04 Å². The molecule has 0 aliphatic heterocycles. The van der Waals surface area contributed by atoms with Crippen LogP contribution in [0.4, 0.5) is 0 Å². The van der Waals surface area contributed by atoms with Crippen molar-refractivity contribution >= 4 is 5.97 Å². The molecule has 1 atom stereocenters. The van der Waals surface area contributed by atoms with Crippen LogP contribution in [0, 0.1) is 0 Å². The molecule has 2 aromatic rings. The Balaban J connectivity index is 1.88. The summed E-state index contributed by atoms with van der Waals surface area (Å²) < 4.78 is 5.71. The van der Waals surface area contributed by atoms with Crippen LogP contribution in [0.5, 0.6) is 11.5 Å². The van der Waals surface area contributed by atoms with Gasteiger partial charge in [-0.2, -0.15) is 0 Å². The van der Waals surface area contributed by atoms with E-state index in [9.17, 15) is 9.90 Å². The Morgan fingerprint density at radius 2 is 1.80 bits per heavy atom. The number of ether oxygens (including phenoxy) is 1. The van der Waals surface area contributed by atoms with Crippen molar-refractivity contribution in [3.8, 4) is 11.5 Å². The minimum absolute atomic E-state index is 0.0288. The van der Waals surface area contributed by atoms with Gasteiger partial charge in [0, 0.05) is 11.0 Å². The molecule has 2 aromatic carbocycles. The van der Waals surface area contributed by atoms with Crippen molar-refractivity contribution < 1.29 is 19.7 Å². The Morgan fingerprint density at radius 3 is 2.40 bits per heavy atom. The van der Waals surface area contributed by atoms with Crippen molar-refractivity contribution in [3.05, 3.63) is 69.1 Å². The number of phenols is 1. The maximum absolute atomic E-state index is 11.0. The van der Waals surface area contributed by atoms with Crippen molar-refractivity contribution in [3.63, 3.8) is 0 Å². The van der Waals surface area contributed by atoms with E-state index in [2.05, 4.69) is 49.9 Å². The maximum Gasteiger partial charge on any atom is 0.339 e. The Kier molecular flexibility index (Phi) is 5.68. The monoisotopic (exact) mass is 409 g/mol. The van der Waals surface area contributed by atoms with E-state index in [0.717, 1.165) is 18.4 Å². The van der Waals surface area contributed by atoms with Gasteiger partial charge < -0.3 is 14.9 Å². The molecule has 1 unspecified atom stereocenters. The van der Waals surface area contributed by atoms with E-state index in [1.807, 2.05) is 6.07 Å². The number of hydrogen-bond acceptors (Lipinski definition) is 4. The molecule has 0 heterocycles. The molecule has 3 rings (SSSR count). The molecule has 0 spiro atoms. The molecule has 0 bridgehead atoms. The van der Waals surface area contributed by atoms with Gasteiger partial charge in [0.2, 0.25) is 0 Å². The number of azide groups is 1. The SMILES string of the molecule is CC1(C)CCC(C)(C)c2cc(C(COc3ccc(C(=O)O)c(O)c3)N=[N+]=[N-])ccc21. The van der Waals surface area contributed by atoms with E-state index in [1.165, 1.54) is 29.3 Å². The van der Waals surface area contributed by atoms with Gasteiger partial charge in [0.25, 0.3) is 0 Å². The second-order valence-electron chi connectivity index (χ2n) is 9.09. The molecule has 30 heavy (non-hydrogen) atoms. The third kappa shape index (κ3) is 4.21. The Hall–Kier alpha value is -3.18. The summed E-state index contributed by atoms with van der Waals surface area (Å²) in [6.45, 7) is 9.04. The van der Waals surface area contributed by atoms with Crippen LogP contribution in [0.3, 0.4) is 0 Å². The molecule has 7 heteroatoms. The third-order valence-electron chi connectivity index (χ3n) is 6.06. The molecule has 0 amide bonds. The number of fused-ring (bicyclic) bond motifs is 1. The van der Waals surface area contributed by atoms with E-state index in [4.69, 9.17) is 15.4 Å². The summed E-state index contributed by atoms with van der Waals surface area (Å²) in [5.41, 5.74) is 12.4. The van der Waals surface area contributed by atoms with E-state index in [0.29, 0.717) is 5.75 Å². The fourth-order valence-corrected chi connectivity index (χ4v) is 4.03. The number of carbonyl (C=O) groups is 1. The number of aromatic hydroxyl groups is 1. The lowest BCUT2D eigenvalue weighted by atomic mass is 9.63.